The maximum Gasteiger partial charge on any atom is 0.122 e. The molecule has 9 heavy (non-hydrogen) atoms. The Bertz CT molecular complexity index is 146. The Labute approximate surface area is 55.1 Å². The van der Waals surface area contributed by atoms with E-state index in [1.165, 1.54) is 0 Å². The lowest BCUT2D eigenvalue weighted by Gasteiger charge is -1.99. The summed E-state index contributed by atoms with van der Waals surface area (Å²) in [5, 5.41) is 0. The summed E-state index contributed by atoms with van der Waals surface area (Å²) >= 11 is 0. The standard InChI is InChI=1S/C7H10NO/c1-2-9-7-8-5-3-4-6-8/h3,5-6H,2,7H2,1H3. The number of nitrogens with zero attached hydrogens (tertiary/aromatic N) is 1. The van der Waals surface area contributed by atoms with E-state index in [1.807, 2.05) is 30.0 Å². The second kappa shape index (κ2) is 3.30. The van der Waals surface area contributed by atoms with Crippen LogP contribution in [0.1, 0.15) is 6.92 Å². The zero-order valence-corrected chi connectivity index (χ0v) is 5.50. The predicted molar refractivity (Wildman–Crippen MR) is 34.9 cm³/mol. The smallest absolute Gasteiger partial charge is 0.122 e. The Balaban J connectivity index is 2.30. The molecule has 0 amide bonds. The third-order valence-electron chi connectivity index (χ3n) is 1.05. The molecule has 49 valence electrons. The molecule has 0 saturated carbocycles. The number of rotatable bonds is 3. The van der Waals surface area contributed by atoms with E-state index in [1.54, 1.807) is 0 Å². The molecule has 0 saturated heterocycles. The minimum atomic E-state index is 0.639. The van der Waals surface area contributed by atoms with Crippen molar-refractivity contribution in [3.05, 3.63) is 24.5 Å². The van der Waals surface area contributed by atoms with Gasteiger partial charge in [-0.1, -0.05) is 0 Å². The van der Waals surface area contributed by atoms with Gasteiger partial charge in [0.25, 0.3) is 0 Å². The van der Waals surface area contributed by atoms with E-state index in [9.17, 15) is 0 Å². The van der Waals surface area contributed by atoms with Crippen LogP contribution in [0.3, 0.4) is 0 Å². The first-order valence-electron chi connectivity index (χ1n) is 3.03. The van der Waals surface area contributed by atoms with E-state index in [4.69, 9.17) is 4.74 Å². The lowest BCUT2D eigenvalue weighted by molar-refractivity contribution is 0.0881. The summed E-state index contributed by atoms with van der Waals surface area (Å²) in [5.74, 6) is 0. The van der Waals surface area contributed by atoms with Crippen LogP contribution in [-0.4, -0.2) is 11.2 Å². The average molecular weight is 124 g/mol. The molecule has 0 atom stereocenters. The van der Waals surface area contributed by atoms with E-state index < -0.39 is 0 Å². The van der Waals surface area contributed by atoms with Gasteiger partial charge in [-0.25, -0.2) is 0 Å². The van der Waals surface area contributed by atoms with Crippen LogP contribution in [0.25, 0.3) is 0 Å². The normalized spacial score (nSPS) is 9.89. The van der Waals surface area contributed by atoms with Crippen molar-refractivity contribution in [2.75, 3.05) is 6.61 Å². The zero-order valence-electron chi connectivity index (χ0n) is 5.50. The molecule has 0 bridgehead atoms. The fraction of sp³-hybridized carbons (Fsp3) is 0.429. The van der Waals surface area contributed by atoms with Crippen molar-refractivity contribution in [3.63, 3.8) is 0 Å². The molecule has 1 heterocycles. The monoisotopic (exact) mass is 124 g/mol. The molecule has 0 unspecified atom stereocenters. The second-order valence-corrected chi connectivity index (χ2v) is 1.75. The summed E-state index contributed by atoms with van der Waals surface area (Å²) < 4.78 is 7.05. The Hall–Kier alpha value is -0.760. The topological polar surface area (TPSA) is 14.2 Å². The van der Waals surface area contributed by atoms with Crippen LogP contribution < -0.4 is 0 Å². The van der Waals surface area contributed by atoms with Gasteiger partial charge in [0.15, 0.2) is 0 Å². The van der Waals surface area contributed by atoms with Gasteiger partial charge < -0.3 is 9.30 Å². The second-order valence-electron chi connectivity index (χ2n) is 1.75. The average Bonchev–Trinajstić information content (AvgIpc) is 2.34. The van der Waals surface area contributed by atoms with Gasteiger partial charge in [-0.2, -0.15) is 0 Å². The quantitative estimate of drug-likeness (QED) is 0.592. The molecule has 1 rings (SSSR count). The number of aromatic nitrogens is 1. The maximum absolute atomic E-state index is 5.12. The molecule has 1 aromatic rings. The van der Waals surface area contributed by atoms with Crippen LogP contribution in [0.5, 0.6) is 0 Å². The van der Waals surface area contributed by atoms with Crippen molar-refractivity contribution >= 4 is 0 Å². The van der Waals surface area contributed by atoms with Crippen LogP contribution >= 0.6 is 0 Å². The van der Waals surface area contributed by atoms with Crippen molar-refractivity contribution in [2.24, 2.45) is 0 Å². The summed E-state index contributed by atoms with van der Waals surface area (Å²) in [6.07, 6.45) is 3.78. The number of hydrogen-bond donors (Lipinski definition) is 0. The molecule has 0 aliphatic carbocycles. The number of hydrogen-bond acceptors (Lipinski definition) is 1. The van der Waals surface area contributed by atoms with E-state index in [0.717, 1.165) is 6.61 Å². The maximum atomic E-state index is 5.12. The minimum Gasteiger partial charge on any atom is -0.361 e. The predicted octanol–water partition coefficient (Wildman–Crippen LogP) is 1.28. The van der Waals surface area contributed by atoms with Crippen LogP contribution in [0, 0.1) is 6.07 Å². The Morgan fingerprint density at radius 2 is 2.56 bits per heavy atom. The van der Waals surface area contributed by atoms with Crippen molar-refractivity contribution in [3.8, 4) is 0 Å². The largest absolute Gasteiger partial charge is 0.361 e. The van der Waals surface area contributed by atoms with Crippen LogP contribution in [0.15, 0.2) is 18.5 Å². The van der Waals surface area contributed by atoms with Gasteiger partial charge in [-0.3, -0.25) is 0 Å². The molecule has 0 fully saturated rings. The summed E-state index contributed by atoms with van der Waals surface area (Å²) in [6.45, 7) is 3.38. The highest BCUT2D eigenvalue weighted by molar-refractivity contribution is 4.86. The van der Waals surface area contributed by atoms with E-state index >= 15 is 0 Å². The Morgan fingerprint density at radius 1 is 1.67 bits per heavy atom. The minimum absolute atomic E-state index is 0.639. The van der Waals surface area contributed by atoms with Crippen molar-refractivity contribution < 1.29 is 4.74 Å². The van der Waals surface area contributed by atoms with Gasteiger partial charge >= 0.3 is 0 Å². The van der Waals surface area contributed by atoms with Gasteiger partial charge in [0.05, 0.1) is 0 Å². The summed E-state index contributed by atoms with van der Waals surface area (Å²) in [6, 6.07) is 4.78. The Kier molecular flexibility index (Phi) is 2.33. The highest BCUT2D eigenvalue weighted by Gasteiger charge is 1.83. The fourth-order valence-corrected chi connectivity index (χ4v) is 0.598. The zero-order chi connectivity index (χ0) is 6.53. The van der Waals surface area contributed by atoms with Gasteiger partial charge in [-0.05, 0) is 13.0 Å². The van der Waals surface area contributed by atoms with Crippen molar-refractivity contribution in [1.29, 1.82) is 0 Å². The molecular weight excluding hydrogens is 114 g/mol. The van der Waals surface area contributed by atoms with Crippen LogP contribution in [0.2, 0.25) is 0 Å². The van der Waals surface area contributed by atoms with E-state index in [-0.39, 0.29) is 0 Å². The highest BCUT2D eigenvalue weighted by atomic mass is 16.5. The molecule has 2 nitrogen and oxygen atoms in total. The first-order chi connectivity index (χ1) is 4.43. The third-order valence-corrected chi connectivity index (χ3v) is 1.05. The van der Waals surface area contributed by atoms with Gasteiger partial charge in [0.2, 0.25) is 0 Å². The molecular formula is C7H10NO. The van der Waals surface area contributed by atoms with Crippen LogP contribution in [-0.2, 0) is 11.5 Å². The number of ether oxygens (including phenoxy) is 1. The molecule has 0 aromatic carbocycles. The van der Waals surface area contributed by atoms with Gasteiger partial charge in [0.1, 0.15) is 6.73 Å². The summed E-state index contributed by atoms with van der Waals surface area (Å²) in [5.41, 5.74) is 0. The van der Waals surface area contributed by atoms with E-state index in [2.05, 4.69) is 6.07 Å². The van der Waals surface area contributed by atoms with Crippen LogP contribution in [0.4, 0.5) is 0 Å². The molecule has 0 spiro atoms. The third kappa shape index (κ3) is 1.90. The fourth-order valence-electron chi connectivity index (χ4n) is 0.598. The van der Waals surface area contributed by atoms with Crippen molar-refractivity contribution in [1.82, 2.24) is 4.57 Å². The van der Waals surface area contributed by atoms with E-state index in [0.29, 0.717) is 6.73 Å². The van der Waals surface area contributed by atoms with Gasteiger partial charge in [-0.15, -0.1) is 0 Å². The summed E-state index contributed by atoms with van der Waals surface area (Å²) in [7, 11) is 0. The Morgan fingerprint density at radius 3 is 3.11 bits per heavy atom. The lowest BCUT2D eigenvalue weighted by Crippen LogP contribution is -1.98. The highest BCUT2D eigenvalue weighted by Crippen LogP contribution is 1.88. The SMILES string of the molecule is CCOCn1c[c]cc1. The lowest BCUT2D eigenvalue weighted by atomic mass is 10.7. The van der Waals surface area contributed by atoms with Crippen molar-refractivity contribution in [2.45, 2.75) is 13.7 Å². The molecule has 0 N–H and O–H groups in total. The molecule has 0 aliphatic heterocycles. The van der Waals surface area contributed by atoms with Gasteiger partial charge in [0, 0.05) is 25.1 Å². The molecule has 0 aliphatic rings. The molecule has 1 aromatic heterocycles. The molecule has 1 radical (unpaired) electrons. The first-order valence-corrected chi connectivity index (χ1v) is 3.03. The first kappa shape index (κ1) is 6.36. The molecule has 2 heteroatoms. The summed E-state index contributed by atoms with van der Waals surface area (Å²) in [4.78, 5) is 0.